The molecule has 1 aromatic carbocycles. The number of benzene rings is 1. The van der Waals surface area contributed by atoms with Gasteiger partial charge in [0, 0.05) is 25.1 Å². The summed E-state index contributed by atoms with van der Waals surface area (Å²) in [5.74, 6) is -0.987. The van der Waals surface area contributed by atoms with Crippen molar-refractivity contribution in [1.82, 2.24) is 4.98 Å². The Kier molecular flexibility index (Phi) is 3.14. The van der Waals surface area contributed by atoms with Gasteiger partial charge in [-0.15, -0.1) is 0 Å². The Bertz CT molecular complexity index is 549. The number of hydrogen-bond acceptors (Lipinski definition) is 4. The number of aromatic hydroxyl groups is 2. The highest BCUT2D eigenvalue weighted by atomic mass is 16.3. The van der Waals surface area contributed by atoms with Crippen LogP contribution in [0.15, 0.2) is 42.7 Å². The summed E-state index contributed by atoms with van der Waals surface area (Å²) >= 11 is 0. The molecule has 0 spiro atoms. The average Bonchev–Trinajstić information content (AvgIpc) is 2.38. The summed E-state index contributed by atoms with van der Waals surface area (Å²) in [4.78, 5) is 17.4. The van der Waals surface area contributed by atoms with Gasteiger partial charge in [0.25, 0.3) is 5.91 Å². The molecular weight excluding hydrogens is 232 g/mol. The van der Waals surface area contributed by atoms with Gasteiger partial charge in [0.15, 0.2) is 0 Å². The van der Waals surface area contributed by atoms with Crippen LogP contribution in [0.2, 0.25) is 0 Å². The van der Waals surface area contributed by atoms with E-state index >= 15 is 0 Å². The summed E-state index contributed by atoms with van der Waals surface area (Å²) in [5.41, 5.74) is 0.509. The van der Waals surface area contributed by atoms with Gasteiger partial charge in [0.05, 0.1) is 0 Å². The van der Waals surface area contributed by atoms with E-state index in [1.807, 2.05) is 0 Å². The first-order valence-electron chi connectivity index (χ1n) is 5.30. The first-order chi connectivity index (χ1) is 8.61. The van der Waals surface area contributed by atoms with Gasteiger partial charge in [-0.05, 0) is 24.3 Å². The lowest BCUT2D eigenvalue weighted by Crippen LogP contribution is -2.26. The summed E-state index contributed by atoms with van der Waals surface area (Å²) in [5, 5.41) is 19.3. The number of rotatable bonds is 2. The van der Waals surface area contributed by atoms with Crippen molar-refractivity contribution in [3.63, 3.8) is 0 Å². The first kappa shape index (κ1) is 11.9. The number of aromatic nitrogens is 1. The topological polar surface area (TPSA) is 73.7 Å². The molecule has 1 amide bonds. The fourth-order valence-electron chi connectivity index (χ4n) is 1.60. The van der Waals surface area contributed by atoms with Crippen LogP contribution in [0.1, 0.15) is 10.4 Å². The van der Waals surface area contributed by atoms with Gasteiger partial charge in [-0.25, -0.2) is 0 Å². The van der Waals surface area contributed by atoms with Crippen molar-refractivity contribution in [2.75, 3.05) is 11.9 Å². The summed E-state index contributed by atoms with van der Waals surface area (Å²) < 4.78 is 0. The maximum atomic E-state index is 12.2. The van der Waals surface area contributed by atoms with E-state index in [0.717, 1.165) is 0 Å². The average molecular weight is 244 g/mol. The smallest absolute Gasteiger partial charge is 0.265 e. The van der Waals surface area contributed by atoms with Crippen LogP contribution in [0, 0.1) is 0 Å². The highest BCUT2D eigenvalue weighted by Crippen LogP contribution is 2.28. The molecule has 2 rings (SSSR count). The molecule has 0 bridgehead atoms. The van der Waals surface area contributed by atoms with Crippen LogP contribution >= 0.6 is 0 Å². The normalized spacial score (nSPS) is 10.1. The highest BCUT2D eigenvalue weighted by molar-refractivity contribution is 6.09. The first-order valence-corrected chi connectivity index (χ1v) is 5.30. The molecule has 0 radical (unpaired) electrons. The third-order valence-corrected chi connectivity index (χ3v) is 2.59. The Balaban J connectivity index is 2.38. The second kappa shape index (κ2) is 4.75. The summed E-state index contributed by atoms with van der Waals surface area (Å²) in [6, 6.07) is 7.50. The monoisotopic (exact) mass is 244 g/mol. The van der Waals surface area contributed by atoms with Crippen LogP contribution in [-0.4, -0.2) is 28.2 Å². The number of nitrogens with zero attached hydrogens (tertiary/aromatic N) is 2. The molecule has 0 saturated carbocycles. The van der Waals surface area contributed by atoms with Crippen LogP contribution in [0.25, 0.3) is 0 Å². The molecule has 18 heavy (non-hydrogen) atoms. The molecule has 0 unspecified atom stereocenters. The van der Waals surface area contributed by atoms with Crippen molar-refractivity contribution >= 4 is 11.6 Å². The maximum absolute atomic E-state index is 12.2. The molecule has 5 nitrogen and oxygen atoms in total. The van der Waals surface area contributed by atoms with Gasteiger partial charge >= 0.3 is 0 Å². The van der Waals surface area contributed by atoms with E-state index in [1.54, 1.807) is 31.6 Å². The van der Waals surface area contributed by atoms with Gasteiger partial charge in [0.2, 0.25) is 0 Å². The van der Waals surface area contributed by atoms with Crippen LogP contribution in [0.3, 0.4) is 0 Å². The van der Waals surface area contributed by atoms with Crippen molar-refractivity contribution in [3.05, 3.63) is 48.3 Å². The van der Waals surface area contributed by atoms with Crippen LogP contribution in [-0.2, 0) is 0 Å². The van der Waals surface area contributed by atoms with E-state index in [0.29, 0.717) is 5.69 Å². The summed E-state index contributed by atoms with van der Waals surface area (Å²) in [6.07, 6.45) is 3.12. The molecule has 92 valence electrons. The molecule has 5 heteroatoms. The number of carbonyl (C=O) groups excluding carboxylic acids is 1. The zero-order chi connectivity index (χ0) is 13.1. The Morgan fingerprint density at radius 2 is 1.67 bits per heavy atom. The van der Waals surface area contributed by atoms with E-state index in [9.17, 15) is 15.0 Å². The minimum Gasteiger partial charge on any atom is -0.507 e. The van der Waals surface area contributed by atoms with Gasteiger partial charge in [-0.3, -0.25) is 9.78 Å². The molecule has 0 aliphatic rings. The quantitative estimate of drug-likeness (QED) is 0.844. The van der Waals surface area contributed by atoms with Crippen LogP contribution in [0.4, 0.5) is 5.69 Å². The van der Waals surface area contributed by atoms with Gasteiger partial charge in [0.1, 0.15) is 17.1 Å². The fraction of sp³-hybridized carbons (Fsp3) is 0.0769. The highest BCUT2D eigenvalue weighted by Gasteiger charge is 2.20. The zero-order valence-electron chi connectivity index (χ0n) is 9.74. The Morgan fingerprint density at radius 3 is 2.22 bits per heavy atom. The fourth-order valence-corrected chi connectivity index (χ4v) is 1.60. The number of anilines is 1. The van der Waals surface area contributed by atoms with E-state index in [2.05, 4.69) is 4.98 Å². The zero-order valence-corrected chi connectivity index (χ0v) is 9.74. The number of amides is 1. The lowest BCUT2D eigenvalue weighted by Gasteiger charge is -2.18. The van der Waals surface area contributed by atoms with Crippen LogP contribution in [0.5, 0.6) is 11.5 Å². The second-order valence-corrected chi connectivity index (χ2v) is 3.74. The molecule has 0 aliphatic carbocycles. The van der Waals surface area contributed by atoms with Gasteiger partial charge in [-0.2, -0.15) is 0 Å². The Morgan fingerprint density at radius 1 is 1.11 bits per heavy atom. The van der Waals surface area contributed by atoms with Crippen molar-refractivity contribution in [2.45, 2.75) is 0 Å². The van der Waals surface area contributed by atoms with E-state index < -0.39 is 5.91 Å². The molecule has 0 atom stereocenters. The number of carbonyl (C=O) groups is 1. The van der Waals surface area contributed by atoms with Gasteiger partial charge < -0.3 is 15.1 Å². The SMILES string of the molecule is CN(C(=O)c1c(O)cccc1O)c1ccncc1. The largest absolute Gasteiger partial charge is 0.507 e. The summed E-state index contributed by atoms with van der Waals surface area (Å²) in [7, 11) is 1.56. The lowest BCUT2D eigenvalue weighted by molar-refractivity contribution is 0.0987. The molecule has 1 aromatic heterocycles. The third kappa shape index (κ3) is 2.10. The van der Waals surface area contributed by atoms with Crippen LogP contribution < -0.4 is 4.90 Å². The van der Waals surface area contributed by atoms with Crippen molar-refractivity contribution in [2.24, 2.45) is 0 Å². The molecular formula is C13H12N2O3. The lowest BCUT2D eigenvalue weighted by atomic mass is 10.1. The van der Waals surface area contributed by atoms with Crippen molar-refractivity contribution < 1.29 is 15.0 Å². The standard InChI is InChI=1S/C13H12N2O3/c1-15(9-5-7-14-8-6-9)13(18)12-10(16)3-2-4-11(12)17/h2-8,16-17H,1H3. The predicted octanol–water partition coefficient (Wildman–Crippen LogP) is 1.77. The van der Waals surface area contributed by atoms with E-state index in [4.69, 9.17) is 0 Å². The Hall–Kier alpha value is -2.56. The Labute approximate surface area is 104 Å². The number of phenolic OH excluding ortho intramolecular Hbond substituents is 2. The number of pyridine rings is 1. The molecule has 1 heterocycles. The van der Waals surface area contributed by atoms with Gasteiger partial charge in [-0.1, -0.05) is 6.07 Å². The van der Waals surface area contributed by atoms with E-state index in [-0.39, 0.29) is 17.1 Å². The second-order valence-electron chi connectivity index (χ2n) is 3.74. The molecule has 0 aliphatic heterocycles. The third-order valence-electron chi connectivity index (χ3n) is 2.59. The minimum atomic E-state index is -0.489. The number of phenols is 2. The van der Waals surface area contributed by atoms with Crippen molar-refractivity contribution in [3.8, 4) is 11.5 Å². The predicted molar refractivity (Wildman–Crippen MR) is 66.7 cm³/mol. The number of hydrogen-bond donors (Lipinski definition) is 2. The molecule has 2 N–H and O–H groups in total. The van der Waals surface area contributed by atoms with E-state index in [1.165, 1.54) is 23.1 Å². The summed E-state index contributed by atoms with van der Waals surface area (Å²) in [6.45, 7) is 0. The van der Waals surface area contributed by atoms with Crippen molar-refractivity contribution in [1.29, 1.82) is 0 Å². The maximum Gasteiger partial charge on any atom is 0.265 e. The minimum absolute atomic E-state index is 0.114. The molecule has 0 saturated heterocycles. The molecule has 2 aromatic rings. The molecule has 0 fully saturated rings.